The average Bonchev–Trinajstić information content (AvgIpc) is 2.97. The van der Waals surface area contributed by atoms with Gasteiger partial charge in [0.25, 0.3) is 0 Å². The fourth-order valence-electron chi connectivity index (χ4n) is 1.84. The lowest BCUT2D eigenvalue weighted by Gasteiger charge is -2.13. The predicted molar refractivity (Wildman–Crippen MR) is 71.2 cm³/mol. The fraction of sp³-hybridized carbons (Fsp3) is 0.417. The summed E-state index contributed by atoms with van der Waals surface area (Å²) in [5.74, 6) is 0. The van der Waals surface area contributed by atoms with Gasteiger partial charge in [-0.25, -0.2) is 0 Å². The second-order valence-electron chi connectivity index (χ2n) is 3.95. The van der Waals surface area contributed by atoms with Gasteiger partial charge < -0.3 is 14.9 Å². The monoisotopic (exact) mass is 313 g/mol. The van der Waals surface area contributed by atoms with Crippen molar-refractivity contribution in [3.05, 3.63) is 40.5 Å². The van der Waals surface area contributed by atoms with Crippen molar-refractivity contribution in [1.82, 2.24) is 9.78 Å². The molecular weight excluding hydrogens is 298 g/mol. The molecule has 0 spiro atoms. The van der Waals surface area contributed by atoms with Gasteiger partial charge in [0.05, 0.1) is 18.0 Å². The number of rotatable bonds is 6. The summed E-state index contributed by atoms with van der Waals surface area (Å²) in [6.07, 6.45) is 4.28. The first kappa shape index (κ1) is 13.3. The highest BCUT2D eigenvalue weighted by atomic mass is 79.9. The molecule has 0 aliphatic heterocycles. The number of furan rings is 1. The average molecular weight is 314 g/mol. The van der Waals surface area contributed by atoms with Gasteiger partial charge >= 0.3 is 0 Å². The Morgan fingerprint density at radius 3 is 3.06 bits per heavy atom. The summed E-state index contributed by atoms with van der Waals surface area (Å²) in [5.41, 5.74) is 8.11. The number of hydrogen-bond acceptors (Lipinski definition) is 4. The second kappa shape index (κ2) is 6.17. The van der Waals surface area contributed by atoms with E-state index in [0.29, 0.717) is 11.3 Å². The van der Waals surface area contributed by atoms with Gasteiger partial charge in [-0.2, -0.15) is 5.10 Å². The lowest BCUT2D eigenvalue weighted by Crippen LogP contribution is -2.18. The van der Waals surface area contributed by atoms with Crippen molar-refractivity contribution in [3.8, 4) is 0 Å². The normalized spacial score (nSPS) is 12.8. The molecule has 2 aromatic rings. The van der Waals surface area contributed by atoms with Gasteiger partial charge in [0.15, 0.2) is 4.67 Å². The Bertz CT molecular complexity index is 495. The number of halogens is 1. The van der Waals surface area contributed by atoms with Crippen LogP contribution in [0, 0.1) is 0 Å². The summed E-state index contributed by atoms with van der Waals surface area (Å²) in [4.78, 5) is 0. The van der Waals surface area contributed by atoms with E-state index in [1.807, 2.05) is 16.8 Å². The first-order valence-electron chi connectivity index (χ1n) is 5.73. The molecular formula is C12H16BrN3O2. The molecule has 0 bridgehead atoms. The first-order valence-corrected chi connectivity index (χ1v) is 6.52. The molecule has 5 nitrogen and oxygen atoms in total. The number of aromatic nitrogens is 2. The minimum atomic E-state index is -0.247. The van der Waals surface area contributed by atoms with Gasteiger partial charge in [0.1, 0.15) is 0 Å². The van der Waals surface area contributed by atoms with Crippen molar-refractivity contribution < 1.29 is 9.15 Å². The molecule has 2 rings (SSSR count). The molecule has 2 aromatic heterocycles. The van der Waals surface area contributed by atoms with Crippen molar-refractivity contribution in [2.75, 3.05) is 13.7 Å². The Hall–Kier alpha value is -1.11. The maximum atomic E-state index is 6.23. The van der Waals surface area contributed by atoms with Gasteiger partial charge in [-0.3, -0.25) is 4.68 Å². The summed E-state index contributed by atoms with van der Waals surface area (Å²) >= 11 is 3.34. The third kappa shape index (κ3) is 2.82. The van der Waals surface area contributed by atoms with Gasteiger partial charge in [0.2, 0.25) is 0 Å². The summed E-state index contributed by atoms with van der Waals surface area (Å²) in [6, 6.07) is 3.54. The zero-order valence-electron chi connectivity index (χ0n) is 10.2. The molecule has 0 fully saturated rings. The van der Waals surface area contributed by atoms with Crippen LogP contribution in [-0.2, 0) is 11.3 Å². The van der Waals surface area contributed by atoms with Crippen LogP contribution in [0.15, 0.2) is 33.7 Å². The molecule has 0 amide bonds. The Morgan fingerprint density at radius 1 is 1.56 bits per heavy atom. The maximum absolute atomic E-state index is 6.23. The van der Waals surface area contributed by atoms with Gasteiger partial charge in [0, 0.05) is 32.0 Å². The molecule has 2 N–H and O–H groups in total. The Kier molecular flexibility index (Phi) is 4.57. The predicted octanol–water partition coefficient (Wildman–Crippen LogP) is 2.32. The minimum absolute atomic E-state index is 0.247. The van der Waals surface area contributed by atoms with E-state index in [9.17, 15) is 0 Å². The minimum Gasteiger partial charge on any atom is -0.457 e. The number of nitrogens with zero attached hydrogens (tertiary/aromatic N) is 2. The molecule has 0 saturated carbocycles. The summed E-state index contributed by atoms with van der Waals surface area (Å²) in [6.45, 7) is 1.50. The Morgan fingerprint density at radius 2 is 2.39 bits per heavy atom. The van der Waals surface area contributed by atoms with E-state index in [1.54, 1.807) is 19.6 Å². The molecule has 0 radical (unpaired) electrons. The van der Waals surface area contributed by atoms with Crippen LogP contribution in [0.2, 0.25) is 0 Å². The molecule has 0 aliphatic rings. The fourth-order valence-corrected chi connectivity index (χ4v) is 2.33. The SMILES string of the molecule is COCCCn1nccc1C(N)c1ccoc1Br. The van der Waals surface area contributed by atoms with Crippen molar-refractivity contribution >= 4 is 15.9 Å². The molecule has 0 saturated heterocycles. The van der Waals surface area contributed by atoms with Crippen molar-refractivity contribution in [2.45, 2.75) is 19.0 Å². The van der Waals surface area contributed by atoms with E-state index >= 15 is 0 Å². The summed E-state index contributed by atoms with van der Waals surface area (Å²) < 4.78 is 12.8. The zero-order chi connectivity index (χ0) is 13.0. The molecule has 0 aromatic carbocycles. The molecule has 18 heavy (non-hydrogen) atoms. The number of hydrogen-bond donors (Lipinski definition) is 1. The summed E-state index contributed by atoms with van der Waals surface area (Å²) in [7, 11) is 1.69. The van der Waals surface area contributed by atoms with E-state index in [-0.39, 0.29) is 6.04 Å². The molecule has 0 aliphatic carbocycles. The first-order chi connectivity index (χ1) is 8.74. The topological polar surface area (TPSA) is 66.2 Å². The van der Waals surface area contributed by atoms with E-state index < -0.39 is 0 Å². The van der Waals surface area contributed by atoms with E-state index in [1.165, 1.54) is 0 Å². The van der Waals surface area contributed by atoms with Gasteiger partial charge in [-0.1, -0.05) is 0 Å². The van der Waals surface area contributed by atoms with Gasteiger partial charge in [-0.15, -0.1) is 0 Å². The molecule has 2 heterocycles. The molecule has 1 atom stereocenters. The number of aryl methyl sites for hydroxylation is 1. The van der Waals surface area contributed by atoms with E-state index in [0.717, 1.165) is 24.2 Å². The highest BCUT2D eigenvalue weighted by Crippen LogP contribution is 2.27. The standard InChI is InChI=1S/C12H16BrN3O2/c1-17-7-2-6-16-10(3-5-15-16)11(14)9-4-8-18-12(9)13/h3-5,8,11H,2,6-7,14H2,1H3. The number of ether oxygens (including phenoxy) is 1. The third-order valence-electron chi connectivity index (χ3n) is 2.77. The smallest absolute Gasteiger partial charge is 0.174 e. The number of methoxy groups -OCH3 is 1. The quantitative estimate of drug-likeness (QED) is 0.831. The highest BCUT2D eigenvalue weighted by Gasteiger charge is 2.18. The Labute approximate surface area is 114 Å². The number of nitrogens with two attached hydrogens (primary N) is 1. The van der Waals surface area contributed by atoms with Crippen molar-refractivity contribution in [2.24, 2.45) is 5.73 Å². The highest BCUT2D eigenvalue weighted by molar-refractivity contribution is 9.10. The van der Waals surface area contributed by atoms with Crippen molar-refractivity contribution in [3.63, 3.8) is 0 Å². The van der Waals surface area contributed by atoms with E-state index in [2.05, 4.69) is 21.0 Å². The van der Waals surface area contributed by atoms with Crippen LogP contribution in [0.3, 0.4) is 0 Å². The van der Waals surface area contributed by atoms with Crippen LogP contribution >= 0.6 is 15.9 Å². The van der Waals surface area contributed by atoms with Crippen molar-refractivity contribution in [1.29, 1.82) is 0 Å². The van der Waals surface area contributed by atoms with Crippen LogP contribution in [-0.4, -0.2) is 23.5 Å². The molecule has 1 unspecified atom stereocenters. The maximum Gasteiger partial charge on any atom is 0.174 e. The largest absolute Gasteiger partial charge is 0.457 e. The zero-order valence-corrected chi connectivity index (χ0v) is 11.8. The van der Waals surface area contributed by atoms with E-state index in [4.69, 9.17) is 14.9 Å². The molecule has 98 valence electrons. The van der Waals surface area contributed by atoms with Crippen LogP contribution in [0.4, 0.5) is 0 Å². The lowest BCUT2D eigenvalue weighted by atomic mass is 10.1. The van der Waals surface area contributed by atoms with Crippen LogP contribution in [0.1, 0.15) is 23.7 Å². The molecule has 6 heteroatoms. The lowest BCUT2D eigenvalue weighted by molar-refractivity contribution is 0.188. The van der Waals surface area contributed by atoms with Crippen LogP contribution in [0.25, 0.3) is 0 Å². The van der Waals surface area contributed by atoms with Crippen LogP contribution in [0.5, 0.6) is 0 Å². The third-order valence-corrected chi connectivity index (χ3v) is 3.41. The second-order valence-corrected chi connectivity index (χ2v) is 4.67. The van der Waals surface area contributed by atoms with Gasteiger partial charge in [-0.05, 0) is 34.5 Å². The Balaban J connectivity index is 2.13. The summed E-state index contributed by atoms with van der Waals surface area (Å²) in [5, 5.41) is 4.28. The van der Waals surface area contributed by atoms with Crippen LogP contribution < -0.4 is 5.73 Å².